The molecule has 0 heterocycles. The molecule has 4 saturated carbocycles. The van der Waals surface area contributed by atoms with Gasteiger partial charge in [0.2, 0.25) is 0 Å². The van der Waals surface area contributed by atoms with E-state index in [0.29, 0.717) is 5.41 Å². The Bertz CT molecular complexity index is 586. The summed E-state index contributed by atoms with van der Waals surface area (Å²) in [5, 5.41) is 8.73. The van der Waals surface area contributed by atoms with E-state index >= 15 is 0 Å². The van der Waals surface area contributed by atoms with E-state index in [2.05, 4.69) is 24.2 Å². The molecular weight excluding hydrogens is 312 g/mol. The zero-order chi connectivity index (χ0) is 17.7. The van der Waals surface area contributed by atoms with Gasteiger partial charge in [-0.3, -0.25) is 0 Å². The molecule has 4 aliphatic carbocycles. The number of hydrogen-bond donors (Lipinski definition) is 0. The van der Waals surface area contributed by atoms with Crippen LogP contribution in [-0.2, 0) is 9.68 Å². The van der Waals surface area contributed by atoms with Gasteiger partial charge in [-0.1, -0.05) is 24.2 Å². The van der Waals surface area contributed by atoms with Crippen LogP contribution in [0.5, 0.6) is 0 Å². The summed E-state index contributed by atoms with van der Waals surface area (Å²) in [6, 6.07) is 0. The first kappa shape index (κ1) is 17.4. The molecule has 0 radical (unpaired) electrons. The van der Waals surface area contributed by atoms with Crippen LogP contribution in [0.2, 0.25) is 0 Å². The van der Waals surface area contributed by atoms with E-state index in [-0.39, 0.29) is 5.41 Å². The van der Waals surface area contributed by atoms with Crippen LogP contribution in [0.15, 0.2) is 10.3 Å². The van der Waals surface area contributed by atoms with Crippen molar-refractivity contribution in [2.75, 3.05) is 14.2 Å². The molecule has 0 saturated heterocycles. The average molecular weight is 347 g/mol. The third kappa shape index (κ3) is 2.54. The minimum atomic E-state index is 0.289. The van der Waals surface area contributed by atoms with Crippen LogP contribution in [0, 0.1) is 34.5 Å². The highest BCUT2D eigenvalue weighted by molar-refractivity contribution is 5.92. The summed E-state index contributed by atoms with van der Waals surface area (Å²) < 4.78 is 0. The Morgan fingerprint density at radius 1 is 0.880 bits per heavy atom. The fraction of sp³-hybridized carbons (Fsp3) is 0.905. The predicted molar refractivity (Wildman–Crippen MR) is 101 cm³/mol. The molecule has 0 spiro atoms. The van der Waals surface area contributed by atoms with Crippen molar-refractivity contribution in [1.82, 2.24) is 0 Å². The predicted octanol–water partition coefficient (Wildman–Crippen LogP) is 5.03. The highest BCUT2D eigenvalue weighted by Crippen LogP contribution is 2.65. The topological polar surface area (TPSA) is 43.2 Å². The summed E-state index contributed by atoms with van der Waals surface area (Å²) >= 11 is 0. The summed E-state index contributed by atoms with van der Waals surface area (Å²) in [6.07, 6.45) is 11.5. The molecule has 4 heteroatoms. The lowest BCUT2D eigenvalue weighted by Crippen LogP contribution is -2.53. The maximum Gasteiger partial charge on any atom is 0.106 e. The second kappa shape index (κ2) is 6.28. The third-order valence-corrected chi connectivity index (χ3v) is 8.66. The minimum Gasteiger partial charge on any atom is -0.399 e. The van der Waals surface area contributed by atoms with E-state index in [1.54, 1.807) is 14.2 Å². The first-order valence-corrected chi connectivity index (χ1v) is 10.2. The zero-order valence-electron chi connectivity index (χ0n) is 16.4. The summed E-state index contributed by atoms with van der Waals surface area (Å²) in [5.74, 6) is 3.38. The monoisotopic (exact) mass is 346 g/mol. The highest BCUT2D eigenvalue weighted by Gasteiger charge is 2.59. The summed E-state index contributed by atoms with van der Waals surface area (Å²) in [4.78, 5) is 10.2. The number of rotatable bonds is 2. The van der Waals surface area contributed by atoms with Crippen LogP contribution < -0.4 is 0 Å². The van der Waals surface area contributed by atoms with Crippen LogP contribution in [0.4, 0.5) is 0 Å². The molecule has 4 aliphatic rings. The molecule has 0 aromatic heterocycles. The van der Waals surface area contributed by atoms with Crippen molar-refractivity contribution in [2.24, 2.45) is 44.8 Å². The van der Waals surface area contributed by atoms with E-state index < -0.39 is 0 Å². The lowest BCUT2D eigenvalue weighted by molar-refractivity contribution is -0.0821. The van der Waals surface area contributed by atoms with Crippen molar-refractivity contribution in [1.29, 1.82) is 0 Å². The molecule has 0 aromatic carbocycles. The van der Waals surface area contributed by atoms with Gasteiger partial charge in [-0.05, 0) is 86.9 Å². The first-order chi connectivity index (χ1) is 12.0. The number of oxime groups is 2. The van der Waals surface area contributed by atoms with E-state index in [0.717, 1.165) is 42.9 Å². The quantitative estimate of drug-likeness (QED) is 0.658. The number of fused-ring (bicyclic) bond motifs is 5. The van der Waals surface area contributed by atoms with Crippen LogP contribution in [0.25, 0.3) is 0 Å². The second-order valence-corrected chi connectivity index (χ2v) is 9.42. The van der Waals surface area contributed by atoms with E-state index in [1.807, 2.05) is 0 Å². The molecule has 140 valence electrons. The molecule has 0 aromatic rings. The van der Waals surface area contributed by atoms with Crippen LogP contribution in [0.3, 0.4) is 0 Å². The van der Waals surface area contributed by atoms with E-state index in [1.165, 1.54) is 49.9 Å². The van der Waals surface area contributed by atoms with E-state index in [4.69, 9.17) is 9.68 Å². The van der Waals surface area contributed by atoms with Crippen molar-refractivity contribution in [3.05, 3.63) is 0 Å². The molecule has 6 atom stereocenters. The Kier molecular flexibility index (Phi) is 4.36. The van der Waals surface area contributed by atoms with Gasteiger partial charge in [-0.15, -0.1) is 0 Å². The largest absolute Gasteiger partial charge is 0.399 e. The zero-order valence-corrected chi connectivity index (χ0v) is 16.4. The van der Waals surface area contributed by atoms with Gasteiger partial charge in [0.25, 0.3) is 0 Å². The van der Waals surface area contributed by atoms with Gasteiger partial charge in [-0.2, -0.15) is 0 Å². The van der Waals surface area contributed by atoms with Gasteiger partial charge in [0, 0.05) is 5.41 Å². The maximum atomic E-state index is 5.18. The standard InChI is InChI=1S/C21H34N2O2/c1-20-11-9-15(22-24-3)13-14(20)5-6-16-17-7-8-19(23-25-4)21(17,2)12-10-18(16)20/h14,16-18H,5-13H2,1-4H3/b22-15+,23-19+. The molecule has 0 N–H and O–H groups in total. The maximum absolute atomic E-state index is 5.18. The molecule has 4 fully saturated rings. The van der Waals surface area contributed by atoms with Crippen LogP contribution in [0.1, 0.15) is 71.6 Å². The molecule has 0 bridgehead atoms. The molecule has 0 amide bonds. The van der Waals surface area contributed by atoms with Gasteiger partial charge >= 0.3 is 0 Å². The van der Waals surface area contributed by atoms with Crippen molar-refractivity contribution < 1.29 is 9.68 Å². The fourth-order valence-electron chi connectivity index (χ4n) is 7.32. The van der Waals surface area contributed by atoms with Crippen molar-refractivity contribution in [2.45, 2.75) is 71.6 Å². The highest BCUT2D eigenvalue weighted by atomic mass is 16.6. The van der Waals surface area contributed by atoms with Gasteiger partial charge in [0.05, 0.1) is 11.4 Å². The molecule has 25 heavy (non-hydrogen) atoms. The first-order valence-electron chi connectivity index (χ1n) is 10.2. The Labute approximate surface area is 152 Å². The van der Waals surface area contributed by atoms with Gasteiger partial charge in [0.15, 0.2) is 0 Å². The number of hydrogen-bond acceptors (Lipinski definition) is 4. The number of nitrogens with zero attached hydrogens (tertiary/aromatic N) is 2. The third-order valence-electron chi connectivity index (χ3n) is 8.66. The van der Waals surface area contributed by atoms with Crippen LogP contribution in [-0.4, -0.2) is 25.6 Å². The molecular formula is C21H34N2O2. The molecule has 0 aliphatic heterocycles. The summed E-state index contributed by atoms with van der Waals surface area (Å²) in [5.41, 5.74) is 3.42. The lowest BCUT2D eigenvalue weighted by Gasteiger charge is -2.59. The Hall–Kier alpha value is -1.06. The van der Waals surface area contributed by atoms with Crippen molar-refractivity contribution in [3.63, 3.8) is 0 Å². The normalized spacial score (nSPS) is 49.4. The average Bonchev–Trinajstić information content (AvgIpc) is 2.93. The van der Waals surface area contributed by atoms with Crippen molar-refractivity contribution in [3.8, 4) is 0 Å². The molecule has 4 rings (SSSR count). The Morgan fingerprint density at radius 2 is 1.68 bits per heavy atom. The lowest BCUT2D eigenvalue weighted by atomic mass is 9.45. The van der Waals surface area contributed by atoms with Gasteiger partial charge in [-0.25, -0.2) is 0 Å². The van der Waals surface area contributed by atoms with Crippen LogP contribution >= 0.6 is 0 Å². The minimum absolute atomic E-state index is 0.289. The SMILES string of the molecule is CO/N=C1\CCC2(C)C(CCC3C4CC/C(=N\OC)C4(C)CCC32)C1. The van der Waals surface area contributed by atoms with E-state index in [9.17, 15) is 0 Å². The smallest absolute Gasteiger partial charge is 0.106 e. The van der Waals surface area contributed by atoms with Crippen molar-refractivity contribution >= 4 is 11.4 Å². The van der Waals surface area contributed by atoms with Gasteiger partial charge in [0.1, 0.15) is 14.2 Å². The second-order valence-electron chi connectivity index (χ2n) is 9.42. The Balaban J connectivity index is 1.58. The summed E-state index contributed by atoms with van der Waals surface area (Å²) in [6.45, 7) is 5.07. The summed E-state index contributed by atoms with van der Waals surface area (Å²) in [7, 11) is 3.38. The molecule has 4 nitrogen and oxygen atoms in total. The fourth-order valence-corrected chi connectivity index (χ4v) is 7.32. The molecule has 6 unspecified atom stereocenters. The Morgan fingerprint density at radius 3 is 2.44 bits per heavy atom. The van der Waals surface area contributed by atoms with Gasteiger partial charge < -0.3 is 9.68 Å².